The second kappa shape index (κ2) is 12.8. The van der Waals surface area contributed by atoms with Gasteiger partial charge >= 0.3 is 0 Å². The molecule has 2 heterocycles. The Kier molecular flexibility index (Phi) is 10.2. The molecule has 1 aromatic rings. The molecule has 41 heavy (non-hydrogen) atoms. The predicted molar refractivity (Wildman–Crippen MR) is 171 cm³/mol. The number of hydrogen-bond acceptors (Lipinski definition) is 6. The quantitative estimate of drug-likeness (QED) is 0.286. The smallest absolute Gasteiger partial charge is 0.213 e. The number of aromatic nitrogens is 1. The molecule has 2 aliphatic carbocycles. The number of nitrogens with one attached hydrogen (secondary N) is 2. The van der Waals surface area contributed by atoms with Crippen LogP contribution < -0.4 is 15.4 Å². The number of hydrogen-bond donors (Lipinski definition) is 2. The van der Waals surface area contributed by atoms with Gasteiger partial charge < -0.3 is 25.0 Å². The summed E-state index contributed by atoms with van der Waals surface area (Å²) in [6, 6.07) is 5.30. The van der Waals surface area contributed by atoms with E-state index in [0.29, 0.717) is 29.7 Å². The molecule has 0 spiro atoms. The third-order valence-corrected chi connectivity index (χ3v) is 9.26. The maximum absolute atomic E-state index is 6.50. The summed E-state index contributed by atoms with van der Waals surface area (Å²) in [5.74, 6) is 0.762. The molecule has 3 aliphatic rings. The summed E-state index contributed by atoms with van der Waals surface area (Å²) in [4.78, 5) is 7.07. The van der Waals surface area contributed by atoms with Crippen molar-refractivity contribution < 1.29 is 9.47 Å². The van der Waals surface area contributed by atoms with E-state index in [9.17, 15) is 0 Å². The van der Waals surface area contributed by atoms with Crippen LogP contribution in [0.25, 0.3) is 0 Å². The highest BCUT2D eigenvalue weighted by Gasteiger charge is 2.38. The minimum Gasteiger partial charge on any atom is -0.474 e. The van der Waals surface area contributed by atoms with Crippen LogP contribution in [0.3, 0.4) is 0 Å². The van der Waals surface area contributed by atoms with Gasteiger partial charge in [-0.25, -0.2) is 4.98 Å². The molecule has 1 aromatic heterocycles. The van der Waals surface area contributed by atoms with Crippen LogP contribution in [-0.4, -0.2) is 71.0 Å². The molecule has 0 radical (unpaired) electrons. The van der Waals surface area contributed by atoms with E-state index in [1.54, 1.807) is 0 Å². The van der Waals surface area contributed by atoms with Gasteiger partial charge in [0.25, 0.3) is 0 Å². The third kappa shape index (κ3) is 10.5. The predicted octanol–water partition coefficient (Wildman–Crippen LogP) is 6.86. The molecule has 6 heteroatoms. The van der Waals surface area contributed by atoms with Crippen LogP contribution in [0.5, 0.6) is 5.88 Å². The van der Waals surface area contributed by atoms with Gasteiger partial charge in [0.05, 0.1) is 12.2 Å². The summed E-state index contributed by atoms with van der Waals surface area (Å²) in [7, 11) is 0. The van der Waals surface area contributed by atoms with Crippen molar-refractivity contribution in [3.8, 4) is 5.88 Å². The van der Waals surface area contributed by atoms with Crippen LogP contribution in [0.2, 0.25) is 0 Å². The van der Waals surface area contributed by atoms with E-state index in [-0.39, 0.29) is 22.6 Å². The van der Waals surface area contributed by atoms with Crippen LogP contribution in [-0.2, 0) is 10.2 Å². The molecule has 1 aliphatic heterocycles. The summed E-state index contributed by atoms with van der Waals surface area (Å²) in [5, 5.41) is 7.87. The van der Waals surface area contributed by atoms with Crippen LogP contribution in [0.15, 0.2) is 18.3 Å². The van der Waals surface area contributed by atoms with Crippen molar-refractivity contribution in [3.63, 3.8) is 0 Å². The topological polar surface area (TPSA) is 58.7 Å². The van der Waals surface area contributed by atoms with E-state index >= 15 is 0 Å². The second-order valence-electron chi connectivity index (χ2n) is 17.1. The highest BCUT2D eigenvalue weighted by atomic mass is 16.5. The fourth-order valence-corrected chi connectivity index (χ4v) is 6.71. The van der Waals surface area contributed by atoms with Crippen molar-refractivity contribution in [2.45, 2.75) is 167 Å². The van der Waals surface area contributed by atoms with E-state index < -0.39 is 0 Å². The first-order chi connectivity index (χ1) is 18.9. The first-order valence-corrected chi connectivity index (χ1v) is 16.5. The zero-order chi connectivity index (χ0) is 30.1. The van der Waals surface area contributed by atoms with Gasteiger partial charge in [0.2, 0.25) is 5.88 Å². The number of piperidine rings is 1. The van der Waals surface area contributed by atoms with Gasteiger partial charge in [-0.15, -0.1) is 0 Å². The Morgan fingerprint density at radius 2 is 1.32 bits per heavy atom. The van der Waals surface area contributed by atoms with Gasteiger partial charge in [-0.3, -0.25) is 0 Å². The van der Waals surface area contributed by atoms with E-state index in [0.717, 1.165) is 44.4 Å². The maximum Gasteiger partial charge on any atom is 0.213 e. The fourth-order valence-electron chi connectivity index (χ4n) is 6.71. The fraction of sp³-hybridized carbons (Fsp3) is 0.857. The highest BCUT2D eigenvalue weighted by Crippen LogP contribution is 2.33. The molecule has 2 saturated carbocycles. The Bertz CT molecular complexity index is 959. The summed E-state index contributed by atoms with van der Waals surface area (Å²) < 4.78 is 12.7. The Balaban J connectivity index is 1.09. The molecule has 0 atom stereocenters. The van der Waals surface area contributed by atoms with E-state index in [1.807, 2.05) is 6.20 Å². The Morgan fingerprint density at radius 3 is 1.83 bits per heavy atom. The molecule has 3 fully saturated rings. The summed E-state index contributed by atoms with van der Waals surface area (Å²) in [6.07, 6.45) is 12.1. The van der Waals surface area contributed by atoms with Gasteiger partial charge in [0, 0.05) is 55.1 Å². The third-order valence-electron chi connectivity index (χ3n) is 9.26. The van der Waals surface area contributed by atoms with Crippen LogP contribution in [0.1, 0.15) is 126 Å². The number of pyridine rings is 1. The molecule has 0 aromatic carbocycles. The van der Waals surface area contributed by atoms with Crippen LogP contribution >= 0.6 is 0 Å². The normalized spacial score (nSPS) is 26.9. The van der Waals surface area contributed by atoms with Crippen LogP contribution in [0, 0.1) is 5.41 Å². The van der Waals surface area contributed by atoms with Crippen molar-refractivity contribution in [2.75, 3.05) is 19.6 Å². The van der Waals surface area contributed by atoms with Crippen molar-refractivity contribution in [3.05, 3.63) is 23.9 Å². The zero-order valence-electron chi connectivity index (χ0n) is 28.1. The molecule has 234 valence electrons. The molecular weight excluding hydrogens is 508 g/mol. The maximum atomic E-state index is 6.50. The van der Waals surface area contributed by atoms with Gasteiger partial charge in [-0.1, -0.05) is 41.5 Å². The molecular formula is C35H62N4O2. The van der Waals surface area contributed by atoms with Gasteiger partial charge in [-0.05, 0) is 102 Å². The van der Waals surface area contributed by atoms with Crippen molar-refractivity contribution in [2.24, 2.45) is 5.41 Å². The summed E-state index contributed by atoms with van der Waals surface area (Å²) in [6.45, 7) is 26.7. The first kappa shape index (κ1) is 32.7. The molecule has 2 N–H and O–H groups in total. The molecule has 0 unspecified atom stereocenters. The summed E-state index contributed by atoms with van der Waals surface area (Å²) >= 11 is 0. The lowest BCUT2D eigenvalue weighted by Crippen LogP contribution is -2.57. The van der Waals surface area contributed by atoms with E-state index in [2.05, 4.69) is 102 Å². The Labute approximate surface area is 252 Å². The molecule has 4 rings (SSSR count). The zero-order valence-corrected chi connectivity index (χ0v) is 28.1. The monoisotopic (exact) mass is 570 g/mol. The minimum atomic E-state index is 0.103. The lowest BCUT2D eigenvalue weighted by molar-refractivity contribution is -0.0887. The van der Waals surface area contributed by atoms with E-state index in [1.165, 1.54) is 38.0 Å². The average molecular weight is 571 g/mol. The van der Waals surface area contributed by atoms with Gasteiger partial charge in [-0.2, -0.15) is 0 Å². The van der Waals surface area contributed by atoms with Crippen LogP contribution in [0.4, 0.5) is 0 Å². The number of ether oxygens (including phenoxy) is 2. The standard InChI is InChI=1S/C35H62N4O2/c1-32(2,3)24-39-17-12-28(13-18-39)40-29-20-26(21-29)37-34(7,8)14-15-35(9,10)38-27-22-30(23-27)41-31-19-25(11-16-36-31)33(4,5)6/h11,16,19,26-30,37-38H,12-15,17-18,20-24H2,1-10H3. The van der Waals surface area contributed by atoms with Crippen molar-refractivity contribution in [1.82, 2.24) is 20.5 Å². The number of nitrogens with zero attached hydrogens (tertiary/aromatic N) is 2. The number of likely N-dealkylation sites (tertiary alicyclic amines) is 1. The number of rotatable bonds is 12. The minimum absolute atomic E-state index is 0.103. The molecule has 0 bridgehead atoms. The SMILES string of the molecule is CC(C)(C)CN1CCC(OC2CC(NC(C)(C)CCC(C)(C)NC3CC(Oc4cc(C(C)(C)C)ccn4)C3)C2)CC1. The molecule has 0 amide bonds. The molecule has 6 nitrogen and oxygen atoms in total. The Hall–Kier alpha value is -1.21. The lowest BCUT2D eigenvalue weighted by atomic mass is 9.82. The molecule has 1 saturated heterocycles. The van der Waals surface area contributed by atoms with Gasteiger partial charge in [0.1, 0.15) is 6.10 Å². The summed E-state index contributed by atoms with van der Waals surface area (Å²) in [5.41, 5.74) is 1.99. The second-order valence-corrected chi connectivity index (χ2v) is 17.1. The Morgan fingerprint density at radius 1 is 0.780 bits per heavy atom. The largest absolute Gasteiger partial charge is 0.474 e. The van der Waals surface area contributed by atoms with Gasteiger partial charge in [0.15, 0.2) is 0 Å². The van der Waals surface area contributed by atoms with E-state index in [4.69, 9.17) is 9.47 Å². The average Bonchev–Trinajstić information content (AvgIpc) is 2.80. The lowest BCUT2D eigenvalue weighted by Gasteiger charge is -2.45. The van der Waals surface area contributed by atoms with Crippen molar-refractivity contribution >= 4 is 0 Å². The highest BCUT2D eigenvalue weighted by molar-refractivity contribution is 5.26. The first-order valence-electron chi connectivity index (χ1n) is 16.5. The van der Waals surface area contributed by atoms with Crippen molar-refractivity contribution in [1.29, 1.82) is 0 Å².